The Bertz CT molecular complexity index is 424. The third-order valence-electron chi connectivity index (χ3n) is 1.86. The lowest BCUT2D eigenvalue weighted by Crippen LogP contribution is -1.93. The number of imidazole rings is 1. The molecule has 0 radical (unpaired) electrons. The molecular weight excluding hydrogens is 232 g/mol. The minimum atomic E-state index is 0.581. The predicted molar refractivity (Wildman–Crippen MR) is 53.6 cm³/mol. The number of methoxy groups -OCH3 is 1. The van der Waals surface area contributed by atoms with E-state index in [1.54, 1.807) is 7.11 Å². The molecule has 2 aromatic rings. The summed E-state index contributed by atoms with van der Waals surface area (Å²) in [6.07, 6.45) is 3.80. The zero-order valence-corrected chi connectivity index (χ0v) is 8.78. The third-order valence-corrected chi connectivity index (χ3v) is 2.48. The maximum absolute atomic E-state index is 5.06. The van der Waals surface area contributed by atoms with Crippen molar-refractivity contribution in [3.8, 4) is 0 Å². The standard InChI is InChI=1S/C9H9BrN2O/c1-13-6-7-5-11-9-8(10)3-2-4-12(7)9/h2-5H,6H2,1H3. The topological polar surface area (TPSA) is 26.5 Å². The highest BCUT2D eigenvalue weighted by atomic mass is 79.9. The Balaban J connectivity index is 2.61. The Morgan fingerprint density at radius 1 is 1.62 bits per heavy atom. The first-order valence-corrected chi connectivity index (χ1v) is 4.71. The number of pyridine rings is 1. The van der Waals surface area contributed by atoms with E-state index in [9.17, 15) is 0 Å². The van der Waals surface area contributed by atoms with Gasteiger partial charge in [-0.15, -0.1) is 0 Å². The summed E-state index contributed by atoms with van der Waals surface area (Å²) in [5, 5.41) is 0. The van der Waals surface area contributed by atoms with Crippen molar-refractivity contribution < 1.29 is 4.74 Å². The Labute approximate surface area is 84.5 Å². The summed E-state index contributed by atoms with van der Waals surface area (Å²) in [6.45, 7) is 0.581. The van der Waals surface area contributed by atoms with Gasteiger partial charge in [0.05, 0.1) is 23.0 Å². The van der Waals surface area contributed by atoms with E-state index in [2.05, 4.69) is 20.9 Å². The second-order valence-electron chi connectivity index (χ2n) is 2.73. The maximum Gasteiger partial charge on any atom is 0.151 e. The Morgan fingerprint density at radius 3 is 3.23 bits per heavy atom. The van der Waals surface area contributed by atoms with E-state index in [1.165, 1.54) is 0 Å². The van der Waals surface area contributed by atoms with Crippen LogP contribution in [0, 0.1) is 0 Å². The summed E-state index contributed by atoms with van der Waals surface area (Å²) in [5.41, 5.74) is 1.98. The first-order chi connectivity index (χ1) is 6.33. The lowest BCUT2D eigenvalue weighted by atomic mass is 10.4. The number of hydrogen-bond donors (Lipinski definition) is 0. The smallest absolute Gasteiger partial charge is 0.151 e. The van der Waals surface area contributed by atoms with Crippen molar-refractivity contribution in [1.29, 1.82) is 0 Å². The van der Waals surface area contributed by atoms with Gasteiger partial charge in [0.15, 0.2) is 5.65 Å². The highest BCUT2D eigenvalue weighted by molar-refractivity contribution is 9.10. The number of ether oxygens (including phenoxy) is 1. The van der Waals surface area contributed by atoms with Gasteiger partial charge in [0.2, 0.25) is 0 Å². The van der Waals surface area contributed by atoms with Gasteiger partial charge in [0.25, 0.3) is 0 Å². The number of nitrogens with zero attached hydrogens (tertiary/aromatic N) is 2. The summed E-state index contributed by atoms with van der Waals surface area (Å²) in [4.78, 5) is 4.27. The van der Waals surface area contributed by atoms with E-state index < -0.39 is 0 Å². The first kappa shape index (κ1) is 8.72. The van der Waals surface area contributed by atoms with E-state index in [4.69, 9.17) is 4.74 Å². The molecule has 0 saturated heterocycles. The van der Waals surface area contributed by atoms with Crippen LogP contribution in [0.15, 0.2) is 29.0 Å². The predicted octanol–water partition coefficient (Wildman–Crippen LogP) is 2.24. The molecule has 0 atom stereocenters. The van der Waals surface area contributed by atoms with Crippen molar-refractivity contribution in [3.05, 3.63) is 34.7 Å². The minimum Gasteiger partial charge on any atom is -0.378 e. The highest BCUT2D eigenvalue weighted by Gasteiger charge is 2.04. The molecule has 0 bridgehead atoms. The van der Waals surface area contributed by atoms with Crippen molar-refractivity contribution >= 4 is 21.6 Å². The molecule has 68 valence electrons. The van der Waals surface area contributed by atoms with Crippen molar-refractivity contribution in [3.63, 3.8) is 0 Å². The quantitative estimate of drug-likeness (QED) is 0.806. The largest absolute Gasteiger partial charge is 0.378 e. The van der Waals surface area contributed by atoms with E-state index in [0.29, 0.717) is 6.61 Å². The van der Waals surface area contributed by atoms with Crippen LogP contribution in [0.2, 0.25) is 0 Å². The summed E-state index contributed by atoms with van der Waals surface area (Å²) >= 11 is 3.44. The minimum absolute atomic E-state index is 0.581. The highest BCUT2D eigenvalue weighted by Crippen LogP contribution is 2.17. The van der Waals surface area contributed by atoms with Gasteiger partial charge in [-0.1, -0.05) is 0 Å². The van der Waals surface area contributed by atoms with Crippen LogP contribution in [0.4, 0.5) is 0 Å². The normalized spacial score (nSPS) is 10.9. The number of fused-ring (bicyclic) bond motifs is 1. The number of aromatic nitrogens is 2. The Morgan fingerprint density at radius 2 is 2.46 bits per heavy atom. The molecule has 4 heteroatoms. The lowest BCUT2D eigenvalue weighted by Gasteiger charge is -2.00. The molecule has 0 aromatic carbocycles. The Hall–Kier alpha value is -0.870. The molecule has 0 aliphatic carbocycles. The summed E-state index contributed by atoms with van der Waals surface area (Å²) in [7, 11) is 1.68. The number of halogens is 1. The fourth-order valence-corrected chi connectivity index (χ4v) is 1.73. The molecule has 0 spiro atoms. The monoisotopic (exact) mass is 240 g/mol. The van der Waals surface area contributed by atoms with Crippen LogP contribution in [0.25, 0.3) is 5.65 Å². The van der Waals surface area contributed by atoms with E-state index in [0.717, 1.165) is 15.8 Å². The SMILES string of the molecule is COCc1cnc2c(Br)cccn12. The average Bonchev–Trinajstić information content (AvgIpc) is 2.51. The van der Waals surface area contributed by atoms with Crippen LogP contribution in [-0.2, 0) is 11.3 Å². The van der Waals surface area contributed by atoms with Crippen LogP contribution >= 0.6 is 15.9 Å². The molecule has 0 fully saturated rings. The van der Waals surface area contributed by atoms with Crippen LogP contribution in [0.3, 0.4) is 0 Å². The third kappa shape index (κ3) is 1.47. The molecule has 2 heterocycles. The molecule has 0 aliphatic rings. The maximum atomic E-state index is 5.06. The summed E-state index contributed by atoms with van der Waals surface area (Å²) < 4.78 is 8.06. The van der Waals surface area contributed by atoms with Gasteiger partial charge >= 0.3 is 0 Å². The molecular formula is C9H9BrN2O. The fourth-order valence-electron chi connectivity index (χ4n) is 1.28. The van der Waals surface area contributed by atoms with Crippen LogP contribution < -0.4 is 0 Å². The molecule has 2 rings (SSSR count). The fraction of sp³-hybridized carbons (Fsp3) is 0.222. The molecule has 2 aromatic heterocycles. The van der Waals surface area contributed by atoms with Crippen LogP contribution in [-0.4, -0.2) is 16.5 Å². The summed E-state index contributed by atoms with van der Waals surface area (Å²) in [5.74, 6) is 0. The van der Waals surface area contributed by atoms with Gasteiger partial charge in [-0.05, 0) is 28.1 Å². The van der Waals surface area contributed by atoms with Gasteiger partial charge in [-0.25, -0.2) is 4.98 Å². The Kier molecular flexibility index (Phi) is 2.33. The van der Waals surface area contributed by atoms with Crippen molar-refractivity contribution in [1.82, 2.24) is 9.38 Å². The van der Waals surface area contributed by atoms with Gasteiger partial charge < -0.3 is 9.14 Å². The molecule has 0 unspecified atom stereocenters. The molecule has 0 aliphatic heterocycles. The number of rotatable bonds is 2. The second-order valence-corrected chi connectivity index (χ2v) is 3.59. The van der Waals surface area contributed by atoms with Gasteiger partial charge in [0.1, 0.15) is 0 Å². The lowest BCUT2D eigenvalue weighted by molar-refractivity contribution is 0.181. The first-order valence-electron chi connectivity index (χ1n) is 3.92. The average molecular weight is 241 g/mol. The van der Waals surface area contributed by atoms with E-state index >= 15 is 0 Å². The van der Waals surface area contributed by atoms with E-state index in [1.807, 2.05) is 28.9 Å². The van der Waals surface area contributed by atoms with Gasteiger partial charge in [-0.2, -0.15) is 0 Å². The van der Waals surface area contributed by atoms with Gasteiger partial charge in [-0.3, -0.25) is 0 Å². The second kappa shape index (κ2) is 3.47. The van der Waals surface area contributed by atoms with Crippen molar-refractivity contribution in [2.75, 3.05) is 7.11 Å². The molecule has 0 N–H and O–H groups in total. The van der Waals surface area contributed by atoms with Gasteiger partial charge in [0, 0.05) is 13.3 Å². The molecule has 0 amide bonds. The zero-order chi connectivity index (χ0) is 9.26. The summed E-state index contributed by atoms with van der Waals surface area (Å²) in [6, 6.07) is 3.94. The number of hydrogen-bond acceptors (Lipinski definition) is 2. The van der Waals surface area contributed by atoms with Crippen molar-refractivity contribution in [2.45, 2.75) is 6.61 Å². The van der Waals surface area contributed by atoms with Crippen LogP contribution in [0.1, 0.15) is 5.69 Å². The van der Waals surface area contributed by atoms with Crippen molar-refractivity contribution in [2.24, 2.45) is 0 Å². The van der Waals surface area contributed by atoms with E-state index in [-0.39, 0.29) is 0 Å². The molecule has 0 saturated carbocycles. The molecule has 13 heavy (non-hydrogen) atoms. The zero-order valence-electron chi connectivity index (χ0n) is 7.20. The van der Waals surface area contributed by atoms with Crippen LogP contribution in [0.5, 0.6) is 0 Å². The molecule has 3 nitrogen and oxygen atoms in total.